The van der Waals surface area contributed by atoms with Crippen molar-refractivity contribution in [3.63, 3.8) is 0 Å². The first-order chi connectivity index (χ1) is 7.19. The van der Waals surface area contributed by atoms with Gasteiger partial charge in [0.25, 0.3) is 0 Å². The minimum absolute atomic E-state index is 0.0270. The standard InChI is InChI=1S/C10H13ClN2O2/c1-2-15-9(10(12)13-14)7-3-5-8(11)6-4-7/h3-6,9,14H,2H2,1H3,(H2,12,13)/t9-/m1/s1. The first kappa shape index (κ1) is 11.8. The number of halogens is 1. The second-order valence-electron chi connectivity index (χ2n) is 2.91. The lowest BCUT2D eigenvalue weighted by molar-refractivity contribution is 0.106. The second kappa shape index (κ2) is 5.58. The Bertz CT molecular complexity index is 338. The van der Waals surface area contributed by atoms with E-state index >= 15 is 0 Å². The normalized spacial score (nSPS) is 13.9. The van der Waals surface area contributed by atoms with Crippen molar-refractivity contribution in [2.75, 3.05) is 6.61 Å². The number of hydrogen-bond donors (Lipinski definition) is 2. The third kappa shape index (κ3) is 3.11. The van der Waals surface area contributed by atoms with Crippen molar-refractivity contribution in [3.8, 4) is 0 Å². The topological polar surface area (TPSA) is 67.8 Å². The molecule has 0 amide bonds. The molecule has 0 aliphatic rings. The first-order valence-electron chi connectivity index (χ1n) is 4.53. The smallest absolute Gasteiger partial charge is 0.173 e. The molecule has 0 aromatic heterocycles. The molecule has 0 aliphatic carbocycles. The van der Waals surface area contributed by atoms with Gasteiger partial charge in [0.2, 0.25) is 0 Å². The molecule has 1 rings (SSSR count). The molecule has 0 spiro atoms. The zero-order chi connectivity index (χ0) is 11.3. The average Bonchev–Trinajstić information content (AvgIpc) is 2.26. The van der Waals surface area contributed by atoms with E-state index in [1.165, 1.54) is 0 Å². The average molecular weight is 229 g/mol. The van der Waals surface area contributed by atoms with Gasteiger partial charge in [-0.2, -0.15) is 0 Å². The fourth-order valence-corrected chi connectivity index (χ4v) is 1.34. The summed E-state index contributed by atoms with van der Waals surface area (Å²) >= 11 is 5.76. The van der Waals surface area contributed by atoms with Crippen LogP contribution in [0.5, 0.6) is 0 Å². The van der Waals surface area contributed by atoms with Crippen LogP contribution >= 0.6 is 11.6 Å². The Morgan fingerprint density at radius 3 is 2.60 bits per heavy atom. The van der Waals surface area contributed by atoms with Crippen LogP contribution in [-0.4, -0.2) is 17.6 Å². The van der Waals surface area contributed by atoms with Gasteiger partial charge in [0.05, 0.1) is 0 Å². The molecule has 1 aromatic rings. The Morgan fingerprint density at radius 2 is 2.13 bits per heavy atom. The number of ether oxygens (including phenoxy) is 1. The van der Waals surface area contributed by atoms with Crippen molar-refractivity contribution in [3.05, 3.63) is 34.9 Å². The lowest BCUT2D eigenvalue weighted by Crippen LogP contribution is -2.24. The maximum atomic E-state index is 8.60. The Labute approximate surface area is 93.3 Å². The molecule has 0 saturated heterocycles. The summed E-state index contributed by atoms with van der Waals surface area (Å²) in [5.41, 5.74) is 6.32. The third-order valence-corrected chi connectivity index (χ3v) is 2.14. The van der Waals surface area contributed by atoms with Gasteiger partial charge in [0.15, 0.2) is 5.84 Å². The van der Waals surface area contributed by atoms with Gasteiger partial charge in [-0.3, -0.25) is 0 Å². The highest BCUT2D eigenvalue weighted by molar-refractivity contribution is 6.30. The molecule has 1 atom stereocenters. The summed E-state index contributed by atoms with van der Waals surface area (Å²) in [5, 5.41) is 12.2. The zero-order valence-electron chi connectivity index (χ0n) is 8.35. The van der Waals surface area contributed by atoms with Crippen molar-refractivity contribution in [2.24, 2.45) is 10.9 Å². The lowest BCUT2D eigenvalue weighted by Gasteiger charge is -2.15. The number of benzene rings is 1. The van der Waals surface area contributed by atoms with Crippen molar-refractivity contribution < 1.29 is 9.94 Å². The van der Waals surface area contributed by atoms with Gasteiger partial charge in [0, 0.05) is 11.6 Å². The summed E-state index contributed by atoms with van der Waals surface area (Å²) in [6.07, 6.45) is -0.530. The summed E-state index contributed by atoms with van der Waals surface area (Å²) in [6.45, 7) is 2.32. The maximum Gasteiger partial charge on any atom is 0.173 e. The van der Waals surface area contributed by atoms with E-state index in [0.29, 0.717) is 11.6 Å². The molecular weight excluding hydrogens is 216 g/mol. The van der Waals surface area contributed by atoms with Crippen LogP contribution in [0.25, 0.3) is 0 Å². The molecule has 1 aromatic carbocycles. The van der Waals surface area contributed by atoms with E-state index in [9.17, 15) is 0 Å². The van der Waals surface area contributed by atoms with E-state index in [-0.39, 0.29) is 5.84 Å². The van der Waals surface area contributed by atoms with E-state index < -0.39 is 6.10 Å². The van der Waals surface area contributed by atoms with Gasteiger partial charge in [-0.1, -0.05) is 28.9 Å². The van der Waals surface area contributed by atoms with Crippen molar-refractivity contribution in [1.82, 2.24) is 0 Å². The van der Waals surface area contributed by atoms with Crippen molar-refractivity contribution in [1.29, 1.82) is 0 Å². The molecule has 0 unspecified atom stereocenters. The van der Waals surface area contributed by atoms with Gasteiger partial charge in [-0.15, -0.1) is 0 Å². The SMILES string of the molecule is CCO[C@@H](/C(N)=N\O)c1ccc(Cl)cc1. The lowest BCUT2D eigenvalue weighted by atomic mass is 10.1. The highest BCUT2D eigenvalue weighted by Gasteiger charge is 2.16. The largest absolute Gasteiger partial charge is 0.409 e. The van der Waals surface area contributed by atoms with Gasteiger partial charge in [-0.25, -0.2) is 0 Å². The van der Waals surface area contributed by atoms with Crippen LogP contribution in [0.4, 0.5) is 0 Å². The van der Waals surface area contributed by atoms with Crippen LogP contribution in [0.15, 0.2) is 29.4 Å². The number of hydrogen-bond acceptors (Lipinski definition) is 3. The van der Waals surface area contributed by atoms with E-state index in [2.05, 4.69) is 5.16 Å². The summed E-state index contributed by atoms with van der Waals surface area (Å²) in [4.78, 5) is 0. The third-order valence-electron chi connectivity index (χ3n) is 1.89. The Morgan fingerprint density at radius 1 is 1.53 bits per heavy atom. The molecule has 0 fully saturated rings. The highest BCUT2D eigenvalue weighted by atomic mass is 35.5. The molecule has 0 saturated carbocycles. The fraction of sp³-hybridized carbons (Fsp3) is 0.300. The van der Waals surface area contributed by atoms with Gasteiger partial charge in [-0.05, 0) is 24.6 Å². The van der Waals surface area contributed by atoms with E-state index in [1.807, 2.05) is 6.92 Å². The monoisotopic (exact) mass is 228 g/mol. The Kier molecular flexibility index (Phi) is 4.39. The minimum Gasteiger partial charge on any atom is -0.409 e. The van der Waals surface area contributed by atoms with Crippen LogP contribution in [0.1, 0.15) is 18.6 Å². The molecule has 0 heterocycles. The summed E-state index contributed by atoms with van der Waals surface area (Å²) in [7, 11) is 0. The van der Waals surface area contributed by atoms with Crippen molar-refractivity contribution in [2.45, 2.75) is 13.0 Å². The zero-order valence-corrected chi connectivity index (χ0v) is 9.11. The number of amidine groups is 1. The summed E-state index contributed by atoms with van der Waals surface area (Å²) < 4.78 is 5.36. The van der Waals surface area contributed by atoms with E-state index in [4.69, 9.17) is 27.3 Å². The van der Waals surface area contributed by atoms with Gasteiger partial charge in [0.1, 0.15) is 6.10 Å². The van der Waals surface area contributed by atoms with Crippen LogP contribution in [0.2, 0.25) is 5.02 Å². The van der Waals surface area contributed by atoms with Gasteiger partial charge >= 0.3 is 0 Å². The van der Waals surface area contributed by atoms with Crippen LogP contribution < -0.4 is 5.73 Å². The molecule has 5 heteroatoms. The predicted octanol–water partition coefficient (Wildman–Crippen LogP) is 2.16. The molecule has 4 nitrogen and oxygen atoms in total. The molecular formula is C10H13ClN2O2. The Balaban J connectivity index is 2.93. The number of rotatable bonds is 4. The molecule has 0 aliphatic heterocycles. The molecule has 15 heavy (non-hydrogen) atoms. The second-order valence-corrected chi connectivity index (χ2v) is 3.35. The van der Waals surface area contributed by atoms with E-state index in [0.717, 1.165) is 5.56 Å². The summed E-state index contributed by atoms with van der Waals surface area (Å²) in [6, 6.07) is 7.02. The Hall–Kier alpha value is -1.26. The van der Waals surface area contributed by atoms with Crippen LogP contribution in [0.3, 0.4) is 0 Å². The van der Waals surface area contributed by atoms with Crippen molar-refractivity contribution >= 4 is 17.4 Å². The maximum absolute atomic E-state index is 8.60. The van der Waals surface area contributed by atoms with E-state index in [1.54, 1.807) is 24.3 Å². The van der Waals surface area contributed by atoms with Crippen LogP contribution in [-0.2, 0) is 4.74 Å². The molecule has 3 N–H and O–H groups in total. The number of oxime groups is 1. The van der Waals surface area contributed by atoms with Crippen LogP contribution in [0, 0.1) is 0 Å². The molecule has 82 valence electrons. The number of nitrogens with two attached hydrogens (primary N) is 1. The molecule has 0 bridgehead atoms. The first-order valence-corrected chi connectivity index (χ1v) is 4.91. The predicted molar refractivity (Wildman–Crippen MR) is 59.2 cm³/mol. The fourth-order valence-electron chi connectivity index (χ4n) is 1.21. The number of nitrogens with zero attached hydrogens (tertiary/aromatic N) is 1. The highest BCUT2D eigenvalue weighted by Crippen LogP contribution is 2.19. The summed E-state index contributed by atoms with van der Waals surface area (Å²) in [5.74, 6) is 0.0270. The molecule has 0 radical (unpaired) electrons. The quantitative estimate of drug-likeness (QED) is 0.359. The minimum atomic E-state index is -0.530. The van der Waals surface area contributed by atoms with Gasteiger partial charge < -0.3 is 15.7 Å².